The molecule has 0 aliphatic carbocycles. The molecule has 1 amide bonds. The van der Waals surface area contributed by atoms with Crippen LogP contribution in [0.4, 0.5) is 10.1 Å². The Labute approximate surface area is 154 Å². The monoisotopic (exact) mass is 368 g/mol. The number of aryl methyl sites for hydroxylation is 1. The normalized spacial score (nSPS) is 10.4. The highest BCUT2D eigenvalue weighted by molar-refractivity contribution is 6.33. The van der Waals surface area contributed by atoms with Crippen molar-refractivity contribution in [1.82, 2.24) is 9.78 Å². The number of carbonyl (C=O) groups is 1. The van der Waals surface area contributed by atoms with Crippen molar-refractivity contribution in [2.24, 2.45) is 0 Å². The van der Waals surface area contributed by atoms with Gasteiger partial charge in [0.1, 0.15) is 11.0 Å². The van der Waals surface area contributed by atoms with E-state index in [1.54, 1.807) is 43.3 Å². The van der Waals surface area contributed by atoms with E-state index >= 15 is 0 Å². The molecule has 0 saturated carbocycles. The van der Waals surface area contributed by atoms with Crippen LogP contribution in [0.1, 0.15) is 27.2 Å². The fourth-order valence-corrected chi connectivity index (χ4v) is 2.86. The molecule has 0 atom stereocenters. The van der Waals surface area contributed by atoms with Crippen LogP contribution in [0.2, 0.25) is 5.15 Å². The first-order valence-electron chi connectivity index (χ1n) is 7.77. The first-order chi connectivity index (χ1) is 12.5. The molecule has 0 radical (unpaired) electrons. The van der Waals surface area contributed by atoms with Gasteiger partial charge in [0, 0.05) is 5.69 Å². The molecule has 0 aliphatic rings. The van der Waals surface area contributed by atoms with E-state index in [9.17, 15) is 9.18 Å². The summed E-state index contributed by atoms with van der Waals surface area (Å²) in [6.45, 7) is 2.00. The summed E-state index contributed by atoms with van der Waals surface area (Å²) in [5, 5.41) is 16.2. The summed E-state index contributed by atoms with van der Waals surface area (Å²) in [6.07, 6.45) is 0. The van der Waals surface area contributed by atoms with Crippen molar-refractivity contribution >= 4 is 23.2 Å². The number of amides is 1. The second-order valence-electron chi connectivity index (χ2n) is 5.68. The Balaban J connectivity index is 1.83. The van der Waals surface area contributed by atoms with Crippen molar-refractivity contribution in [2.45, 2.75) is 13.5 Å². The Morgan fingerprint density at radius 2 is 2.04 bits per heavy atom. The summed E-state index contributed by atoms with van der Waals surface area (Å²) in [5.41, 5.74) is 2.49. The molecular weight excluding hydrogens is 355 g/mol. The minimum Gasteiger partial charge on any atom is -0.322 e. The molecule has 3 rings (SSSR count). The van der Waals surface area contributed by atoms with Gasteiger partial charge in [-0.25, -0.2) is 9.07 Å². The lowest BCUT2D eigenvalue weighted by Gasteiger charge is -2.06. The molecule has 2 aromatic carbocycles. The minimum absolute atomic E-state index is 0.195. The highest BCUT2D eigenvalue weighted by Crippen LogP contribution is 2.22. The first kappa shape index (κ1) is 17.6. The van der Waals surface area contributed by atoms with Crippen LogP contribution >= 0.6 is 11.6 Å². The maximum absolute atomic E-state index is 13.0. The molecule has 0 unspecified atom stereocenters. The van der Waals surface area contributed by atoms with Gasteiger partial charge >= 0.3 is 0 Å². The Hall–Kier alpha value is -3.17. The van der Waals surface area contributed by atoms with Crippen LogP contribution in [-0.2, 0) is 6.54 Å². The van der Waals surface area contributed by atoms with Crippen LogP contribution < -0.4 is 5.32 Å². The summed E-state index contributed by atoms with van der Waals surface area (Å²) in [6, 6.07) is 14.6. The fraction of sp³-hybridized carbons (Fsp3) is 0.105. The van der Waals surface area contributed by atoms with Gasteiger partial charge in [-0.1, -0.05) is 29.8 Å². The van der Waals surface area contributed by atoms with E-state index < -0.39 is 5.91 Å². The molecule has 1 aromatic heterocycles. The quantitative estimate of drug-likeness (QED) is 0.751. The molecular formula is C19H14ClFN4O. The first-order valence-corrected chi connectivity index (χ1v) is 8.14. The van der Waals surface area contributed by atoms with E-state index in [0.717, 1.165) is 5.56 Å². The van der Waals surface area contributed by atoms with Gasteiger partial charge in [0.25, 0.3) is 5.91 Å². The summed E-state index contributed by atoms with van der Waals surface area (Å²) < 4.78 is 14.5. The number of nitrogens with one attached hydrogen (secondary N) is 1. The van der Waals surface area contributed by atoms with Crippen molar-refractivity contribution in [3.63, 3.8) is 0 Å². The van der Waals surface area contributed by atoms with Crippen molar-refractivity contribution in [1.29, 1.82) is 5.26 Å². The van der Waals surface area contributed by atoms with Crippen molar-refractivity contribution in [2.75, 3.05) is 5.32 Å². The van der Waals surface area contributed by atoms with Crippen molar-refractivity contribution < 1.29 is 9.18 Å². The number of anilines is 1. The van der Waals surface area contributed by atoms with E-state index in [1.807, 2.05) is 6.07 Å². The molecule has 7 heteroatoms. The zero-order valence-corrected chi connectivity index (χ0v) is 14.6. The standard InChI is InChI=1S/C19H14ClFN4O/c1-12-17(19(26)23-16-4-2-3-14(9-16)10-22)18(20)25(24-12)11-13-5-7-15(21)8-6-13/h2-9H,11H2,1H3,(H,23,26). The zero-order chi connectivity index (χ0) is 18.7. The average molecular weight is 369 g/mol. The van der Waals surface area contributed by atoms with Crippen LogP contribution in [0, 0.1) is 24.1 Å². The highest BCUT2D eigenvalue weighted by Gasteiger charge is 2.20. The minimum atomic E-state index is -0.409. The van der Waals surface area contributed by atoms with Crippen LogP contribution in [-0.4, -0.2) is 15.7 Å². The van der Waals surface area contributed by atoms with Crippen LogP contribution in [0.15, 0.2) is 48.5 Å². The Morgan fingerprint density at radius 1 is 1.31 bits per heavy atom. The third-order valence-electron chi connectivity index (χ3n) is 3.79. The van der Waals surface area contributed by atoms with Gasteiger partial charge in [-0.3, -0.25) is 4.79 Å². The van der Waals surface area contributed by atoms with Crippen molar-refractivity contribution in [3.8, 4) is 6.07 Å². The maximum atomic E-state index is 13.0. The number of hydrogen-bond acceptors (Lipinski definition) is 3. The molecule has 0 aliphatic heterocycles. The van der Waals surface area contributed by atoms with Gasteiger partial charge in [0.15, 0.2) is 0 Å². The van der Waals surface area contributed by atoms with E-state index in [4.69, 9.17) is 16.9 Å². The predicted molar refractivity (Wildman–Crippen MR) is 96.6 cm³/mol. The Kier molecular flexibility index (Phi) is 5.01. The molecule has 0 saturated heterocycles. The Bertz CT molecular complexity index is 1010. The number of halogens is 2. The average Bonchev–Trinajstić information content (AvgIpc) is 2.90. The lowest BCUT2D eigenvalue weighted by Crippen LogP contribution is -2.13. The molecule has 1 heterocycles. The molecule has 1 N–H and O–H groups in total. The van der Waals surface area contributed by atoms with Gasteiger partial charge < -0.3 is 5.32 Å². The molecule has 3 aromatic rings. The zero-order valence-electron chi connectivity index (χ0n) is 13.8. The summed E-state index contributed by atoms with van der Waals surface area (Å²) in [7, 11) is 0. The van der Waals surface area contributed by atoms with Crippen molar-refractivity contribution in [3.05, 3.63) is 81.9 Å². The summed E-state index contributed by atoms with van der Waals surface area (Å²) in [4.78, 5) is 12.6. The summed E-state index contributed by atoms with van der Waals surface area (Å²) >= 11 is 6.34. The number of aromatic nitrogens is 2. The molecule has 26 heavy (non-hydrogen) atoms. The molecule has 0 spiro atoms. The third-order valence-corrected chi connectivity index (χ3v) is 4.17. The molecule has 5 nitrogen and oxygen atoms in total. The van der Waals surface area contributed by atoms with E-state index in [2.05, 4.69) is 10.4 Å². The third kappa shape index (κ3) is 3.73. The fourth-order valence-electron chi connectivity index (χ4n) is 2.54. The van der Waals surface area contributed by atoms with Gasteiger partial charge in [0.2, 0.25) is 0 Å². The van der Waals surface area contributed by atoms with E-state index in [-0.39, 0.29) is 16.5 Å². The predicted octanol–water partition coefficient (Wildman–Crippen LogP) is 4.16. The van der Waals surface area contributed by atoms with Crippen LogP contribution in [0.25, 0.3) is 0 Å². The number of hydrogen-bond donors (Lipinski definition) is 1. The number of nitriles is 1. The summed E-state index contributed by atoms with van der Waals surface area (Å²) in [5.74, 6) is -0.732. The highest BCUT2D eigenvalue weighted by atomic mass is 35.5. The van der Waals surface area contributed by atoms with Gasteiger partial charge in [-0.2, -0.15) is 10.4 Å². The molecule has 0 fully saturated rings. The number of benzene rings is 2. The Morgan fingerprint density at radius 3 is 2.73 bits per heavy atom. The van der Waals surface area contributed by atoms with Gasteiger partial charge in [-0.05, 0) is 42.8 Å². The largest absolute Gasteiger partial charge is 0.322 e. The number of nitrogens with zero attached hydrogens (tertiary/aromatic N) is 3. The SMILES string of the molecule is Cc1nn(Cc2ccc(F)cc2)c(Cl)c1C(=O)Nc1cccc(C#N)c1. The maximum Gasteiger partial charge on any atom is 0.260 e. The second kappa shape index (κ2) is 7.38. The smallest absolute Gasteiger partial charge is 0.260 e. The molecule has 130 valence electrons. The molecule has 0 bridgehead atoms. The van der Waals surface area contributed by atoms with Gasteiger partial charge in [0.05, 0.1) is 29.4 Å². The van der Waals surface area contributed by atoms with E-state index in [0.29, 0.717) is 23.5 Å². The number of carbonyl (C=O) groups excluding carboxylic acids is 1. The number of rotatable bonds is 4. The van der Waals surface area contributed by atoms with Gasteiger partial charge in [-0.15, -0.1) is 0 Å². The topological polar surface area (TPSA) is 70.7 Å². The lowest BCUT2D eigenvalue weighted by atomic mass is 10.2. The van der Waals surface area contributed by atoms with Crippen LogP contribution in [0.3, 0.4) is 0 Å². The van der Waals surface area contributed by atoms with E-state index in [1.165, 1.54) is 16.8 Å². The second-order valence-corrected chi connectivity index (χ2v) is 6.04. The van der Waals surface area contributed by atoms with Crippen LogP contribution in [0.5, 0.6) is 0 Å². The lowest BCUT2D eigenvalue weighted by molar-refractivity contribution is 0.102.